The third-order valence-corrected chi connectivity index (χ3v) is 4.92. The molecule has 0 aromatic heterocycles. The van der Waals surface area contributed by atoms with E-state index in [2.05, 4.69) is 41.4 Å². The van der Waals surface area contributed by atoms with Crippen LogP contribution in [-0.2, 0) is 0 Å². The Hall–Kier alpha value is -1.84. The molecule has 1 fully saturated rings. The minimum atomic E-state index is 0.527. The van der Waals surface area contributed by atoms with Gasteiger partial charge in [-0.25, -0.2) is 0 Å². The molecule has 1 N–H and O–H groups in total. The van der Waals surface area contributed by atoms with E-state index in [1.54, 1.807) is 0 Å². The number of hydrogen-bond donors (Lipinski definition) is 1. The number of hydrogen-bond acceptors (Lipinski definition) is 3. The van der Waals surface area contributed by atoms with E-state index in [-0.39, 0.29) is 0 Å². The van der Waals surface area contributed by atoms with Crippen LogP contribution in [0, 0.1) is 0 Å². The Labute approximate surface area is 152 Å². The minimum absolute atomic E-state index is 0.527. The van der Waals surface area contributed by atoms with Crippen LogP contribution >= 0.6 is 0 Å². The summed E-state index contributed by atoms with van der Waals surface area (Å²) in [7, 11) is 0. The first-order valence-corrected chi connectivity index (χ1v) is 9.64. The topological polar surface area (TPSA) is 24.5 Å². The molecular weight excluding hydrogens is 308 g/mol. The van der Waals surface area contributed by atoms with Gasteiger partial charge in [-0.3, -0.25) is 4.90 Å². The molecule has 1 heterocycles. The van der Waals surface area contributed by atoms with E-state index >= 15 is 0 Å². The Morgan fingerprint density at radius 2 is 1.60 bits per heavy atom. The number of rotatable bonds is 8. The highest BCUT2D eigenvalue weighted by molar-refractivity contribution is 5.34. The summed E-state index contributed by atoms with van der Waals surface area (Å²) in [4.78, 5) is 2.64. The van der Waals surface area contributed by atoms with Gasteiger partial charge >= 0.3 is 0 Å². The van der Waals surface area contributed by atoms with Gasteiger partial charge in [-0.05, 0) is 36.2 Å². The summed E-state index contributed by atoms with van der Waals surface area (Å²) in [5.74, 6) is 1.79. The molecule has 0 amide bonds. The molecule has 0 aliphatic carbocycles. The van der Waals surface area contributed by atoms with Crippen LogP contribution in [0.2, 0.25) is 0 Å². The summed E-state index contributed by atoms with van der Waals surface area (Å²) in [6.45, 7) is 6.74. The molecule has 0 spiro atoms. The van der Waals surface area contributed by atoms with Gasteiger partial charge in [-0.2, -0.15) is 0 Å². The Bertz CT molecular complexity index is 606. The molecule has 3 heteroatoms. The van der Waals surface area contributed by atoms with Crippen molar-refractivity contribution in [2.75, 3.05) is 26.2 Å². The van der Waals surface area contributed by atoms with Gasteiger partial charge in [0.1, 0.15) is 11.5 Å². The van der Waals surface area contributed by atoms with Gasteiger partial charge in [0.15, 0.2) is 0 Å². The van der Waals surface area contributed by atoms with Crippen LogP contribution in [0.5, 0.6) is 11.5 Å². The Morgan fingerprint density at radius 1 is 0.920 bits per heavy atom. The predicted molar refractivity (Wildman–Crippen MR) is 104 cm³/mol. The second-order valence-electron chi connectivity index (χ2n) is 6.78. The van der Waals surface area contributed by atoms with E-state index in [0.717, 1.165) is 37.7 Å². The molecule has 0 unspecified atom stereocenters. The first-order chi connectivity index (χ1) is 12.4. The standard InChI is InChI=1S/C22H30N2O/c1-2-3-5-10-22(24-17-15-23-16-18-24)19-11-13-21(14-12-19)25-20-8-6-4-7-9-20/h4,6-9,11-14,22-23H,2-3,5,10,15-18H2,1H3/t22-/m1/s1. The predicted octanol–water partition coefficient (Wildman–Crippen LogP) is 5.01. The average molecular weight is 338 g/mol. The average Bonchev–Trinajstić information content (AvgIpc) is 2.68. The molecule has 2 aromatic carbocycles. The Kier molecular flexibility index (Phi) is 6.89. The molecule has 1 aliphatic rings. The number of benzene rings is 2. The maximum atomic E-state index is 5.93. The van der Waals surface area contributed by atoms with Gasteiger partial charge < -0.3 is 10.1 Å². The van der Waals surface area contributed by atoms with Crippen molar-refractivity contribution in [1.82, 2.24) is 10.2 Å². The molecule has 3 rings (SSSR count). The van der Waals surface area contributed by atoms with Gasteiger partial charge in [-0.1, -0.05) is 56.5 Å². The quantitative estimate of drug-likeness (QED) is 0.685. The highest BCUT2D eigenvalue weighted by atomic mass is 16.5. The van der Waals surface area contributed by atoms with Crippen molar-refractivity contribution >= 4 is 0 Å². The molecule has 1 atom stereocenters. The lowest BCUT2D eigenvalue weighted by molar-refractivity contribution is 0.162. The summed E-state index contributed by atoms with van der Waals surface area (Å²) in [6.07, 6.45) is 5.13. The SMILES string of the molecule is CCCCC[C@H](c1ccc(Oc2ccccc2)cc1)N1CCNCC1. The molecule has 25 heavy (non-hydrogen) atoms. The van der Waals surface area contributed by atoms with E-state index in [1.165, 1.54) is 31.2 Å². The lowest BCUT2D eigenvalue weighted by atomic mass is 9.98. The maximum absolute atomic E-state index is 5.93. The van der Waals surface area contributed by atoms with E-state index in [9.17, 15) is 0 Å². The highest BCUT2D eigenvalue weighted by Crippen LogP contribution is 2.29. The monoisotopic (exact) mass is 338 g/mol. The fourth-order valence-corrected chi connectivity index (χ4v) is 3.52. The normalized spacial score (nSPS) is 16.5. The second kappa shape index (κ2) is 9.59. The van der Waals surface area contributed by atoms with Crippen molar-refractivity contribution in [2.45, 2.75) is 38.6 Å². The van der Waals surface area contributed by atoms with E-state index < -0.39 is 0 Å². The van der Waals surface area contributed by atoms with Crippen molar-refractivity contribution in [3.05, 3.63) is 60.2 Å². The van der Waals surface area contributed by atoms with Crippen molar-refractivity contribution < 1.29 is 4.74 Å². The van der Waals surface area contributed by atoms with Gasteiger partial charge in [0, 0.05) is 32.2 Å². The number of nitrogens with one attached hydrogen (secondary N) is 1. The summed E-state index contributed by atoms with van der Waals surface area (Å²) in [5, 5.41) is 3.46. The molecule has 0 bridgehead atoms. The molecule has 134 valence electrons. The zero-order valence-corrected chi connectivity index (χ0v) is 15.3. The highest BCUT2D eigenvalue weighted by Gasteiger charge is 2.21. The fraction of sp³-hybridized carbons (Fsp3) is 0.455. The molecular formula is C22H30N2O. The van der Waals surface area contributed by atoms with Crippen LogP contribution < -0.4 is 10.1 Å². The first-order valence-electron chi connectivity index (χ1n) is 9.64. The summed E-state index contributed by atoms with van der Waals surface area (Å²) >= 11 is 0. The maximum Gasteiger partial charge on any atom is 0.127 e. The Balaban J connectivity index is 1.68. The van der Waals surface area contributed by atoms with Crippen molar-refractivity contribution in [2.24, 2.45) is 0 Å². The smallest absolute Gasteiger partial charge is 0.127 e. The van der Waals surface area contributed by atoms with Gasteiger partial charge in [0.2, 0.25) is 0 Å². The van der Waals surface area contributed by atoms with Crippen LogP contribution in [0.1, 0.15) is 44.2 Å². The zero-order valence-electron chi connectivity index (χ0n) is 15.3. The van der Waals surface area contributed by atoms with Crippen molar-refractivity contribution in [3.8, 4) is 11.5 Å². The molecule has 2 aromatic rings. The third-order valence-electron chi connectivity index (χ3n) is 4.92. The molecule has 3 nitrogen and oxygen atoms in total. The first kappa shape index (κ1) is 18.0. The number of nitrogens with zero attached hydrogens (tertiary/aromatic N) is 1. The number of unbranched alkanes of at least 4 members (excludes halogenated alkanes) is 2. The lowest BCUT2D eigenvalue weighted by Crippen LogP contribution is -2.45. The number of ether oxygens (including phenoxy) is 1. The van der Waals surface area contributed by atoms with E-state index in [0.29, 0.717) is 6.04 Å². The van der Waals surface area contributed by atoms with Gasteiger partial charge in [0.05, 0.1) is 0 Å². The molecule has 1 saturated heterocycles. The molecule has 0 radical (unpaired) electrons. The van der Waals surface area contributed by atoms with Crippen molar-refractivity contribution in [1.29, 1.82) is 0 Å². The number of piperazine rings is 1. The van der Waals surface area contributed by atoms with Crippen LogP contribution in [0.3, 0.4) is 0 Å². The van der Waals surface area contributed by atoms with Gasteiger partial charge in [0.25, 0.3) is 0 Å². The zero-order chi connectivity index (χ0) is 17.3. The lowest BCUT2D eigenvalue weighted by Gasteiger charge is -2.35. The largest absolute Gasteiger partial charge is 0.457 e. The van der Waals surface area contributed by atoms with Crippen LogP contribution in [0.4, 0.5) is 0 Å². The summed E-state index contributed by atoms with van der Waals surface area (Å²) in [5.41, 5.74) is 1.42. The van der Waals surface area contributed by atoms with Crippen LogP contribution in [0.25, 0.3) is 0 Å². The molecule has 0 saturated carbocycles. The van der Waals surface area contributed by atoms with Crippen molar-refractivity contribution in [3.63, 3.8) is 0 Å². The third kappa shape index (κ3) is 5.32. The summed E-state index contributed by atoms with van der Waals surface area (Å²) < 4.78 is 5.93. The van der Waals surface area contributed by atoms with Gasteiger partial charge in [-0.15, -0.1) is 0 Å². The van der Waals surface area contributed by atoms with E-state index in [4.69, 9.17) is 4.74 Å². The second-order valence-corrected chi connectivity index (χ2v) is 6.78. The fourth-order valence-electron chi connectivity index (χ4n) is 3.52. The van der Waals surface area contributed by atoms with Crippen LogP contribution in [-0.4, -0.2) is 31.1 Å². The number of para-hydroxylation sites is 1. The minimum Gasteiger partial charge on any atom is -0.457 e. The summed E-state index contributed by atoms with van der Waals surface area (Å²) in [6, 6.07) is 19.2. The van der Waals surface area contributed by atoms with E-state index in [1.807, 2.05) is 30.3 Å². The molecule has 1 aliphatic heterocycles. The van der Waals surface area contributed by atoms with Crippen LogP contribution in [0.15, 0.2) is 54.6 Å². The Morgan fingerprint density at radius 3 is 2.28 bits per heavy atom.